The summed E-state index contributed by atoms with van der Waals surface area (Å²) in [7, 11) is 7.36. The molecule has 0 saturated carbocycles. The first kappa shape index (κ1) is 22.9. The van der Waals surface area contributed by atoms with Crippen molar-refractivity contribution in [3.05, 3.63) is 0 Å². The number of halogens is 4. The van der Waals surface area contributed by atoms with Crippen molar-refractivity contribution in [2.75, 3.05) is 0 Å². The van der Waals surface area contributed by atoms with Gasteiger partial charge >= 0.3 is 23.9 Å². The summed E-state index contributed by atoms with van der Waals surface area (Å²) >= 11 is 0. The third kappa shape index (κ3) is 68.0. The Labute approximate surface area is 82.7 Å². The summed E-state index contributed by atoms with van der Waals surface area (Å²) in [5.74, 6) is 0. The summed E-state index contributed by atoms with van der Waals surface area (Å²) < 4.78 is 9.09. The van der Waals surface area contributed by atoms with E-state index in [1.807, 2.05) is 0 Å². The summed E-state index contributed by atoms with van der Waals surface area (Å²) in [4.78, 5) is 0. The predicted molar refractivity (Wildman–Crippen MR) is 25.6 cm³/mol. The fraction of sp³-hybridized carbons (Fsp3) is 0. The Balaban J connectivity index is -0.0000000150. The molecule has 0 aromatic carbocycles. The van der Waals surface area contributed by atoms with Crippen LogP contribution in [0.15, 0.2) is 0 Å². The Hall–Kier alpha value is 2.11. The van der Waals surface area contributed by atoms with Gasteiger partial charge in [-0.2, -0.15) is 0 Å². The standard InChI is InChI=1S/Cl2OS.2ClH.Sn/c1-4(2)3;;;/h;2*1H;/q;;;+2/p-2. The SMILES string of the molecule is O=S(Cl)Cl.[Cl-].[Cl-].[Sn+2]. The molecule has 7 heavy (non-hydrogen) atoms. The van der Waals surface area contributed by atoms with Crippen LogP contribution in [0.2, 0.25) is 0 Å². The van der Waals surface area contributed by atoms with E-state index in [4.69, 9.17) is 4.21 Å². The second-order valence-electron chi connectivity index (χ2n) is 0.184. The molecular weight excluding hydrogens is 309 g/mol. The summed E-state index contributed by atoms with van der Waals surface area (Å²) in [6.07, 6.45) is 0. The quantitative estimate of drug-likeness (QED) is 0.323. The topological polar surface area (TPSA) is 17.1 Å². The molecule has 0 unspecified atom stereocenters. The summed E-state index contributed by atoms with van der Waals surface area (Å²) in [5, 5.41) is 0. The Kier molecular flexibility index (Phi) is 51.5. The molecule has 7 heteroatoms. The van der Waals surface area contributed by atoms with E-state index in [0.29, 0.717) is 0 Å². The smallest absolute Gasteiger partial charge is 1.00 e. The van der Waals surface area contributed by atoms with Gasteiger partial charge in [0.05, 0.1) is 0 Å². The van der Waals surface area contributed by atoms with E-state index in [9.17, 15) is 0 Å². The zero-order valence-corrected chi connectivity index (χ0v) is 9.52. The maximum Gasteiger partial charge on any atom is 2.00 e. The molecule has 0 aromatic heterocycles. The minimum absolute atomic E-state index is 0. The van der Waals surface area contributed by atoms with Gasteiger partial charge in [0.2, 0.25) is 9.23 Å². The van der Waals surface area contributed by atoms with Gasteiger partial charge in [0, 0.05) is 21.4 Å². The zero-order chi connectivity index (χ0) is 3.58. The predicted octanol–water partition coefficient (Wildman–Crippen LogP) is -5.33. The van der Waals surface area contributed by atoms with Crippen molar-refractivity contribution < 1.29 is 29.0 Å². The average molecular weight is 309 g/mol. The van der Waals surface area contributed by atoms with E-state index in [1.54, 1.807) is 0 Å². The maximum atomic E-state index is 9.09. The normalized spacial score (nSPS) is 5.00. The van der Waals surface area contributed by atoms with Crippen LogP contribution in [-0.4, -0.2) is 28.1 Å². The van der Waals surface area contributed by atoms with Crippen LogP contribution in [0.1, 0.15) is 0 Å². The van der Waals surface area contributed by atoms with Crippen molar-refractivity contribution in [2.45, 2.75) is 0 Å². The first-order valence-electron chi connectivity index (χ1n) is 0.475. The van der Waals surface area contributed by atoms with Crippen LogP contribution in [0.5, 0.6) is 0 Å². The van der Waals surface area contributed by atoms with Crippen molar-refractivity contribution in [2.24, 2.45) is 0 Å². The van der Waals surface area contributed by atoms with Crippen LogP contribution in [0.25, 0.3) is 0 Å². The zero-order valence-electron chi connectivity index (χ0n) is 2.83. The first-order valence-corrected chi connectivity index (χ1v) is 3.28. The van der Waals surface area contributed by atoms with Crippen LogP contribution in [0, 0.1) is 0 Å². The van der Waals surface area contributed by atoms with Crippen LogP contribution in [-0.2, 0) is 9.23 Å². The molecule has 0 amide bonds. The average Bonchev–Trinajstić information content (AvgIpc) is 0.811. The van der Waals surface area contributed by atoms with Gasteiger partial charge in [-0.3, -0.25) is 0 Å². The molecule has 0 bridgehead atoms. The molecule has 0 aliphatic heterocycles. The van der Waals surface area contributed by atoms with Crippen LogP contribution < -0.4 is 24.8 Å². The molecule has 0 heterocycles. The fourth-order valence-electron chi connectivity index (χ4n) is 0. The van der Waals surface area contributed by atoms with Gasteiger partial charge in [-0.05, 0) is 0 Å². The van der Waals surface area contributed by atoms with Gasteiger partial charge in [-0.25, -0.2) is 4.21 Å². The van der Waals surface area contributed by atoms with Gasteiger partial charge in [0.1, 0.15) is 0 Å². The minimum Gasteiger partial charge on any atom is -1.00 e. The molecule has 0 saturated heterocycles. The van der Waals surface area contributed by atoms with Gasteiger partial charge in [0.15, 0.2) is 0 Å². The van der Waals surface area contributed by atoms with Gasteiger partial charge in [0.25, 0.3) is 0 Å². The molecule has 0 N–H and O–H groups in total. The summed E-state index contributed by atoms with van der Waals surface area (Å²) in [6, 6.07) is 0. The first-order chi connectivity index (χ1) is 1.73. The number of rotatable bonds is 0. The molecule has 1 nitrogen and oxygen atoms in total. The maximum absolute atomic E-state index is 9.09. The van der Waals surface area contributed by atoms with Gasteiger partial charge < -0.3 is 24.8 Å². The van der Waals surface area contributed by atoms with E-state index < -0.39 is 9.23 Å². The second-order valence-corrected chi connectivity index (χ2v) is 2.71. The second kappa shape index (κ2) is 15.7. The Bertz CT molecular complexity index is 34.7. The number of hydrogen-bond acceptors (Lipinski definition) is 1. The van der Waals surface area contributed by atoms with E-state index in [1.165, 1.54) is 0 Å². The largest absolute Gasteiger partial charge is 2.00 e. The van der Waals surface area contributed by atoms with Crippen molar-refractivity contribution in [3.63, 3.8) is 0 Å². The molecule has 0 aromatic rings. The van der Waals surface area contributed by atoms with Crippen molar-refractivity contribution in [3.8, 4) is 0 Å². The van der Waals surface area contributed by atoms with Crippen molar-refractivity contribution >= 4 is 54.5 Å². The summed E-state index contributed by atoms with van der Waals surface area (Å²) in [5.41, 5.74) is 0. The molecule has 0 rings (SSSR count). The third-order valence-electron chi connectivity index (χ3n) is 0. The van der Waals surface area contributed by atoms with Gasteiger partial charge in [-0.15, -0.1) is 0 Å². The van der Waals surface area contributed by atoms with E-state index >= 15 is 0 Å². The Morgan fingerprint density at radius 2 is 1.14 bits per heavy atom. The van der Waals surface area contributed by atoms with Crippen LogP contribution in [0.3, 0.4) is 0 Å². The van der Waals surface area contributed by atoms with Crippen LogP contribution in [0.4, 0.5) is 0 Å². The van der Waals surface area contributed by atoms with E-state index in [-0.39, 0.29) is 48.7 Å². The van der Waals surface area contributed by atoms with Crippen molar-refractivity contribution in [1.29, 1.82) is 0 Å². The number of hydrogen-bond donors (Lipinski definition) is 0. The van der Waals surface area contributed by atoms with Gasteiger partial charge in [-0.1, -0.05) is 0 Å². The monoisotopic (exact) mass is 308 g/mol. The molecule has 0 aliphatic carbocycles. The van der Waals surface area contributed by atoms with E-state index in [2.05, 4.69) is 21.4 Å². The molecule has 44 valence electrons. The fourth-order valence-corrected chi connectivity index (χ4v) is 0. The van der Waals surface area contributed by atoms with E-state index in [0.717, 1.165) is 0 Å². The molecule has 2 radical (unpaired) electrons. The molecular formula is Cl4OSSn. The molecule has 0 aliphatic rings. The third-order valence-corrected chi connectivity index (χ3v) is 0. The molecule has 0 atom stereocenters. The van der Waals surface area contributed by atoms with Crippen molar-refractivity contribution in [1.82, 2.24) is 0 Å². The Morgan fingerprint density at radius 1 is 1.14 bits per heavy atom. The molecule has 0 spiro atoms. The summed E-state index contributed by atoms with van der Waals surface area (Å²) in [6.45, 7) is 0. The Morgan fingerprint density at radius 3 is 1.14 bits per heavy atom. The van der Waals surface area contributed by atoms with Crippen LogP contribution >= 0.6 is 21.4 Å². The molecule has 0 fully saturated rings. The minimum atomic E-state index is -1.67.